The highest BCUT2D eigenvalue weighted by Crippen LogP contribution is 2.45. The molecule has 0 radical (unpaired) electrons. The van der Waals surface area contributed by atoms with Crippen LogP contribution in [0.2, 0.25) is 10.0 Å². The van der Waals surface area contributed by atoms with Crippen molar-refractivity contribution in [3.05, 3.63) is 27.7 Å². The first-order chi connectivity index (χ1) is 7.63. The van der Waals surface area contributed by atoms with Gasteiger partial charge in [-0.15, -0.1) is 11.6 Å². The van der Waals surface area contributed by atoms with Crippen molar-refractivity contribution in [2.75, 3.05) is 7.11 Å². The first-order valence-corrected chi connectivity index (χ1v) is 6.49. The van der Waals surface area contributed by atoms with E-state index in [1.165, 1.54) is 19.3 Å². The largest absolute Gasteiger partial charge is 0.495 e. The maximum Gasteiger partial charge on any atom is 0.138 e. The Morgan fingerprint density at radius 1 is 1.25 bits per heavy atom. The minimum Gasteiger partial charge on any atom is -0.495 e. The molecule has 1 unspecified atom stereocenters. The Kier molecular flexibility index (Phi) is 3.89. The van der Waals surface area contributed by atoms with Crippen LogP contribution in [0.25, 0.3) is 0 Å². The van der Waals surface area contributed by atoms with E-state index in [1.54, 1.807) is 13.2 Å². The van der Waals surface area contributed by atoms with Gasteiger partial charge < -0.3 is 4.74 Å². The van der Waals surface area contributed by atoms with Crippen LogP contribution in [0.15, 0.2) is 12.1 Å². The Hall–Kier alpha value is -0.110. The third kappa shape index (κ3) is 2.27. The minimum absolute atomic E-state index is 0.0374. The fourth-order valence-corrected chi connectivity index (χ4v) is 2.91. The van der Waals surface area contributed by atoms with Gasteiger partial charge in [-0.05, 0) is 30.4 Å². The summed E-state index contributed by atoms with van der Waals surface area (Å²) in [5, 5.41) is 1.16. The van der Waals surface area contributed by atoms with Crippen molar-refractivity contribution in [3.8, 4) is 5.75 Å². The molecule has 2 rings (SSSR count). The first-order valence-electron chi connectivity index (χ1n) is 5.30. The van der Waals surface area contributed by atoms with Gasteiger partial charge in [0.1, 0.15) is 5.75 Å². The quantitative estimate of drug-likeness (QED) is 0.701. The van der Waals surface area contributed by atoms with Gasteiger partial charge >= 0.3 is 0 Å². The van der Waals surface area contributed by atoms with Gasteiger partial charge in [-0.3, -0.25) is 0 Å². The summed E-state index contributed by atoms with van der Waals surface area (Å²) >= 11 is 18.6. The zero-order valence-electron chi connectivity index (χ0n) is 8.97. The second kappa shape index (κ2) is 5.03. The van der Waals surface area contributed by atoms with Crippen molar-refractivity contribution in [1.82, 2.24) is 0 Å². The molecular weight excluding hydrogens is 266 g/mol. The molecule has 0 spiro atoms. The number of ether oxygens (including phenoxy) is 1. The molecule has 0 N–H and O–H groups in total. The monoisotopic (exact) mass is 278 g/mol. The van der Waals surface area contributed by atoms with Gasteiger partial charge in [0.15, 0.2) is 0 Å². The van der Waals surface area contributed by atoms with E-state index in [0.29, 0.717) is 21.7 Å². The number of alkyl halides is 1. The Morgan fingerprint density at radius 3 is 2.44 bits per heavy atom. The van der Waals surface area contributed by atoms with Crippen LogP contribution in [0.1, 0.15) is 30.2 Å². The number of benzene rings is 1. The van der Waals surface area contributed by atoms with E-state index in [-0.39, 0.29) is 5.38 Å². The Bertz CT molecular complexity index is 388. The summed E-state index contributed by atoms with van der Waals surface area (Å²) < 4.78 is 5.10. The lowest BCUT2D eigenvalue weighted by Gasteiger charge is -2.30. The van der Waals surface area contributed by atoms with Crippen LogP contribution in [0, 0.1) is 5.92 Å². The Balaban J connectivity index is 2.29. The van der Waals surface area contributed by atoms with Gasteiger partial charge in [-0.2, -0.15) is 0 Å². The summed E-state index contributed by atoms with van der Waals surface area (Å²) in [6.07, 6.45) is 3.61. The van der Waals surface area contributed by atoms with Crippen molar-refractivity contribution in [2.24, 2.45) is 5.92 Å². The Morgan fingerprint density at radius 2 is 1.94 bits per heavy atom. The van der Waals surface area contributed by atoms with Crippen molar-refractivity contribution in [3.63, 3.8) is 0 Å². The SMILES string of the molecule is COc1cc(Cl)c(C(Cl)C2CCC2)cc1Cl. The molecule has 0 heterocycles. The van der Waals surface area contributed by atoms with Crippen LogP contribution in [0.5, 0.6) is 5.75 Å². The van der Waals surface area contributed by atoms with Crippen LogP contribution in [-0.4, -0.2) is 7.11 Å². The highest BCUT2D eigenvalue weighted by Gasteiger charge is 2.28. The van der Waals surface area contributed by atoms with Gasteiger partial charge in [-0.1, -0.05) is 29.6 Å². The minimum atomic E-state index is -0.0374. The molecule has 0 aromatic heterocycles. The van der Waals surface area contributed by atoms with Crippen LogP contribution >= 0.6 is 34.8 Å². The molecule has 1 aromatic rings. The zero-order valence-corrected chi connectivity index (χ0v) is 11.2. The van der Waals surface area contributed by atoms with Crippen molar-refractivity contribution in [1.29, 1.82) is 0 Å². The molecular formula is C12H13Cl3O. The second-order valence-electron chi connectivity index (χ2n) is 4.10. The summed E-state index contributed by atoms with van der Waals surface area (Å²) in [6, 6.07) is 3.55. The molecule has 1 fully saturated rings. The van der Waals surface area contributed by atoms with E-state index in [0.717, 1.165) is 5.56 Å². The highest BCUT2D eigenvalue weighted by atomic mass is 35.5. The van der Waals surface area contributed by atoms with E-state index in [2.05, 4.69) is 0 Å². The predicted octanol–water partition coefficient (Wildman–Crippen LogP) is 5.08. The number of hydrogen-bond donors (Lipinski definition) is 0. The average molecular weight is 280 g/mol. The van der Waals surface area contributed by atoms with Gasteiger partial charge in [0.2, 0.25) is 0 Å². The smallest absolute Gasteiger partial charge is 0.138 e. The van der Waals surface area contributed by atoms with Crippen molar-refractivity contribution in [2.45, 2.75) is 24.6 Å². The number of hydrogen-bond acceptors (Lipinski definition) is 1. The van der Waals surface area contributed by atoms with Gasteiger partial charge in [-0.25, -0.2) is 0 Å². The lowest BCUT2D eigenvalue weighted by Crippen LogP contribution is -2.16. The molecule has 1 aromatic carbocycles. The first kappa shape index (κ1) is 12.3. The molecule has 1 atom stereocenters. The molecule has 0 amide bonds. The summed E-state index contributed by atoms with van der Waals surface area (Å²) in [7, 11) is 1.57. The van der Waals surface area contributed by atoms with Gasteiger partial charge in [0.25, 0.3) is 0 Å². The van der Waals surface area contributed by atoms with Crippen molar-refractivity contribution < 1.29 is 4.74 Å². The maximum absolute atomic E-state index is 6.40. The van der Waals surface area contributed by atoms with Gasteiger partial charge in [0.05, 0.1) is 17.5 Å². The lowest BCUT2D eigenvalue weighted by molar-refractivity contribution is 0.305. The molecule has 1 aliphatic carbocycles. The lowest BCUT2D eigenvalue weighted by atomic mass is 9.80. The highest BCUT2D eigenvalue weighted by molar-refractivity contribution is 6.35. The van der Waals surface area contributed by atoms with Crippen LogP contribution < -0.4 is 4.74 Å². The summed E-state index contributed by atoms with van der Waals surface area (Å²) in [6.45, 7) is 0. The molecule has 88 valence electrons. The third-order valence-corrected chi connectivity index (χ3v) is 4.35. The summed E-state index contributed by atoms with van der Waals surface area (Å²) in [5.41, 5.74) is 0.916. The molecule has 0 aliphatic heterocycles. The molecule has 0 bridgehead atoms. The molecule has 16 heavy (non-hydrogen) atoms. The second-order valence-corrected chi connectivity index (χ2v) is 5.39. The normalized spacial score (nSPS) is 18.0. The standard InChI is InChI=1S/C12H13Cl3O/c1-16-11-6-9(13)8(5-10(11)14)12(15)7-3-2-4-7/h5-7,12H,2-4H2,1H3. The Labute approximate surface area is 111 Å². The fraction of sp³-hybridized carbons (Fsp3) is 0.500. The third-order valence-electron chi connectivity index (χ3n) is 3.13. The zero-order chi connectivity index (χ0) is 11.7. The van der Waals surface area contributed by atoms with Gasteiger partial charge in [0, 0.05) is 11.1 Å². The van der Waals surface area contributed by atoms with Crippen LogP contribution in [-0.2, 0) is 0 Å². The average Bonchev–Trinajstić information content (AvgIpc) is 2.18. The molecule has 1 saturated carbocycles. The number of rotatable bonds is 3. The summed E-state index contributed by atoms with van der Waals surface area (Å²) in [4.78, 5) is 0. The van der Waals surface area contributed by atoms with E-state index in [1.807, 2.05) is 6.07 Å². The molecule has 1 aliphatic rings. The van der Waals surface area contributed by atoms with Crippen molar-refractivity contribution >= 4 is 34.8 Å². The fourth-order valence-electron chi connectivity index (χ4n) is 1.90. The maximum atomic E-state index is 6.40. The van der Waals surface area contributed by atoms with E-state index < -0.39 is 0 Å². The predicted molar refractivity (Wildman–Crippen MR) is 68.9 cm³/mol. The van der Waals surface area contributed by atoms with Crippen LogP contribution in [0.4, 0.5) is 0 Å². The molecule has 4 heteroatoms. The molecule has 0 saturated heterocycles. The van der Waals surface area contributed by atoms with E-state index in [4.69, 9.17) is 39.5 Å². The molecule has 1 nitrogen and oxygen atoms in total. The topological polar surface area (TPSA) is 9.23 Å². The van der Waals surface area contributed by atoms with E-state index >= 15 is 0 Å². The number of halogens is 3. The van der Waals surface area contributed by atoms with E-state index in [9.17, 15) is 0 Å². The van der Waals surface area contributed by atoms with Crippen LogP contribution in [0.3, 0.4) is 0 Å². The number of methoxy groups -OCH3 is 1. The summed E-state index contributed by atoms with van der Waals surface area (Å²) in [5.74, 6) is 1.12.